The topological polar surface area (TPSA) is 29.5 Å². The molecule has 0 radical (unpaired) electrons. The van der Waals surface area contributed by atoms with Gasteiger partial charge in [-0.15, -0.1) is 0 Å². The van der Waals surface area contributed by atoms with Gasteiger partial charge in [-0.05, 0) is 13.3 Å². The summed E-state index contributed by atoms with van der Waals surface area (Å²) in [6.45, 7) is 1.97. The second-order valence-corrected chi connectivity index (χ2v) is 1.98. The molecule has 2 nitrogen and oxygen atoms in total. The van der Waals surface area contributed by atoms with Crippen LogP contribution in [0.3, 0.4) is 0 Å². The molecule has 1 heterocycles. The third-order valence-electron chi connectivity index (χ3n) is 1.21. The molecule has 0 aromatic carbocycles. The van der Waals surface area contributed by atoms with Crippen molar-refractivity contribution in [1.29, 1.82) is 0 Å². The van der Waals surface area contributed by atoms with E-state index in [1.807, 2.05) is 6.92 Å². The van der Waals surface area contributed by atoms with Crippen molar-refractivity contribution in [3.63, 3.8) is 0 Å². The molecular formula is C5H10O2. The van der Waals surface area contributed by atoms with Gasteiger partial charge in [-0.1, -0.05) is 0 Å². The summed E-state index contributed by atoms with van der Waals surface area (Å²) in [5, 5.41) is 8.68. The van der Waals surface area contributed by atoms with Crippen LogP contribution < -0.4 is 0 Å². The first-order chi connectivity index (χ1) is 3.29. The smallest absolute Gasteiger partial charge is 0.154 e. The molecule has 0 aromatic rings. The maximum atomic E-state index is 8.68. The number of rotatable bonds is 0. The second-order valence-electron chi connectivity index (χ2n) is 1.98. The lowest BCUT2D eigenvalue weighted by Crippen LogP contribution is -2.05. The van der Waals surface area contributed by atoms with Crippen LogP contribution in [0.15, 0.2) is 0 Å². The highest BCUT2D eigenvalue weighted by atomic mass is 16.6. The zero-order chi connectivity index (χ0) is 5.28. The van der Waals surface area contributed by atoms with Crippen LogP contribution in [0.1, 0.15) is 19.8 Å². The Morgan fingerprint density at radius 2 is 2.29 bits per heavy atom. The largest absolute Gasteiger partial charge is 0.368 e. The molecule has 0 unspecified atom stereocenters. The van der Waals surface area contributed by atoms with Gasteiger partial charge in [-0.25, -0.2) is 0 Å². The van der Waals surface area contributed by atoms with Crippen LogP contribution in [-0.2, 0) is 4.74 Å². The Morgan fingerprint density at radius 1 is 1.57 bits per heavy atom. The summed E-state index contributed by atoms with van der Waals surface area (Å²) in [5.74, 6) is 0. The van der Waals surface area contributed by atoms with Crippen molar-refractivity contribution in [2.24, 2.45) is 0 Å². The third kappa shape index (κ3) is 1.14. The van der Waals surface area contributed by atoms with Crippen molar-refractivity contribution in [2.45, 2.75) is 32.2 Å². The van der Waals surface area contributed by atoms with Gasteiger partial charge in [0.25, 0.3) is 0 Å². The lowest BCUT2D eigenvalue weighted by molar-refractivity contribution is -0.0849. The lowest BCUT2D eigenvalue weighted by atomic mass is 10.3. The van der Waals surface area contributed by atoms with Crippen molar-refractivity contribution in [1.82, 2.24) is 0 Å². The predicted molar refractivity (Wildman–Crippen MR) is 25.8 cm³/mol. The molecule has 0 saturated carbocycles. The highest BCUT2D eigenvalue weighted by Crippen LogP contribution is 2.15. The minimum Gasteiger partial charge on any atom is -0.368 e. The van der Waals surface area contributed by atoms with Gasteiger partial charge < -0.3 is 9.84 Å². The molecule has 1 fully saturated rings. The van der Waals surface area contributed by atoms with E-state index in [4.69, 9.17) is 9.84 Å². The van der Waals surface area contributed by atoms with Crippen LogP contribution >= 0.6 is 0 Å². The van der Waals surface area contributed by atoms with Crippen molar-refractivity contribution >= 4 is 0 Å². The Hall–Kier alpha value is -0.0800. The molecular weight excluding hydrogens is 92.1 g/mol. The summed E-state index contributed by atoms with van der Waals surface area (Å²) in [4.78, 5) is 0. The zero-order valence-electron chi connectivity index (χ0n) is 4.42. The average Bonchev–Trinajstić information content (AvgIpc) is 1.87. The zero-order valence-corrected chi connectivity index (χ0v) is 4.42. The normalized spacial score (nSPS) is 42.0. The molecule has 1 rings (SSSR count). The molecule has 0 amide bonds. The number of hydrogen-bond donors (Lipinski definition) is 1. The van der Waals surface area contributed by atoms with Crippen LogP contribution in [-0.4, -0.2) is 17.5 Å². The van der Waals surface area contributed by atoms with E-state index in [0.29, 0.717) is 0 Å². The van der Waals surface area contributed by atoms with Crippen molar-refractivity contribution in [3.8, 4) is 0 Å². The first-order valence-corrected chi connectivity index (χ1v) is 2.62. The Balaban J connectivity index is 2.26. The van der Waals surface area contributed by atoms with Crippen molar-refractivity contribution in [2.75, 3.05) is 0 Å². The molecule has 0 spiro atoms. The Kier molecular flexibility index (Phi) is 1.30. The molecule has 2 atom stereocenters. The highest BCUT2D eigenvalue weighted by molar-refractivity contribution is 4.60. The van der Waals surface area contributed by atoms with E-state index < -0.39 is 6.29 Å². The molecule has 1 saturated heterocycles. The van der Waals surface area contributed by atoms with E-state index in [1.54, 1.807) is 0 Å². The third-order valence-corrected chi connectivity index (χ3v) is 1.21. The maximum Gasteiger partial charge on any atom is 0.154 e. The number of aliphatic hydroxyl groups is 1. The fourth-order valence-electron chi connectivity index (χ4n) is 0.782. The first-order valence-electron chi connectivity index (χ1n) is 2.62. The van der Waals surface area contributed by atoms with Gasteiger partial charge in [0.05, 0.1) is 6.10 Å². The highest BCUT2D eigenvalue weighted by Gasteiger charge is 2.17. The lowest BCUT2D eigenvalue weighted by Gasteiger charge is -2.00. The summed E-state index contributed by atoms with van der Waals surface area (Å²) >= 11 is 0. The second kappa shape index (κ2) is 1.80. The first kappa shape index (κ1) is 5.06. The molecule has 0 aromatic heterocycles. The number of aliphatic hydroxyl groups excluding tert-OH is 1. The molecule has 7 heavy (non-hydrogen) atoms. The average molecular weight is 102 g/mol. The van der Waals surface area contributed by atoms with E-state index >= 15 is 0 Å². The van der Waals surface area contributed by atoms with Gasteiger partial charge >= 0.3 is 0 Å². The fraction of sp³-hybridized carbons (Fsp3) is 1.00. The van der Waals surface area contributed by atoms with E-state index in [0.717, 1.165) is 12.8 Å². The Morgan fingerprint density at radius 3 is 2.43 bits per heavy atom. The monoisotopic (exact) mass is 102 g/mol. The van der Waals surface area contributed by atoms with Crippen LogP contribution in [0, 0.1) is 0 Å². The van der Waals surface area contributed by atoms with Crippen LogP contribution in [0.4, 0.5) is 0 Å². The summed E-state index contributed by atoms with van der Waals surface area (Å²) in [6.07, 6.45) is 1.60. The molecule has 0 bridgehead atoms. The van der Waals surface area contributed by atoms with Crippen LogP contribution in [0.5, 0.6) is 0 Å². The molecule has 1 aliphatic heterocycles. The summed E-state index contributed by atoms with van der Waals surface area (Å²) in [7, 11) is 0. The minimum atomic E-state index is -0.477. The molecule has 2 heteroatoms. The van der Waals surface area contributed by atoms with Crippen molar-refractivity contribution < 1.29 is 9.84 Å². The quantitative estimate of drug-likeness (QED) is 0.482. The number of ether oxygens (including phenoxy) is 1. The summed E-state index contributed by atoms with van der Waals surface area (Å²) in [6, 6.07) is 0. The van der Waals surface area contributed by atoms with Gasteiger partial charge in [0.1, 0.15) is 0 Å². The molecule has 1 N–H and O–H groups in total. The maximum absolute atomic E-state index is 8.68. The van der Waals surface area contributed by atoms with Gasteiger partial charge in [0, 0.05) is 6.42 Å². The van der Waals surface area contributed by atoms with E-state index in [9.17, 15) is 0 Å². The van der Waals surface area contributed by atoms with Crippen LogP contribution in [0.25, 0.3) is 0 Å². The Labute approximate surface area is 43.1 Å². The van der Waals surface area contributed by atoms with E-state index in [-0.39, 0.29) is 6.10 Å². The molecule has 0 aliphatic carbocycles. The molecule has 42 valence electrons. The minimum absolute atomic E-state index is 0.273. The van der Waals surface area contributed by atoms with Gasteiger partial charge in [-0.2, -0.15) is 0 Å². The standard InChI is InChI=1S/C5H10O2/c1-4-2-3-5(6)7-4/h4-6H,2-3H2,1H3/t4-,5+/m0/s1. The molecule has 1 aliphatic rings. The van der Waals surface area contributed by atoms with Crippen LogP contribution in [0.2, 0.25) is 0 Å². The number of hydrogen-bond acceptors (Lipinski definition) is 2. The van der Waals surface area contributed by atoms with E-state index in [2.05, 4.69) is 0 Å². The van der Waals surface area contributed by atoms with Crippen molar-refractivity contribution in [3.05, 3.63) is 0 Å². The van der Waals surface area contributed by atoms with Gasteiger partial charge in [0.15, 0.2) is 6.29 Å². The van der Waals surface area contributed by atoms with Gasteiger partial charge in [0.2, 0.25) is 0 Å². The fourth-order valence-corrected chi connectivity index (χ4v) is 0.782. The van der Waals surface area contributed by atoms with Gasteiger partial charge in [-0.3, -0.25) is 0 Å². The SMILES string of the molecule is C[C@H]1CC[C@H](O)O1. The Bertz CT molecular complexity index is 55.1. The summed E-state index contributed by atoms with van der Waals surface area (Å²) < 4.78 is 4.92. The predicted octanol–water partition coefficient (Wildman–Crippen LogP) is 0.504. The van der Waals surface area contributed by atoms with E-state index in [1.165, 1.54) is 0 Å². The summed E-state index contributed by atoms with van der Waals surface area (Å²) in [5.41, 5.74) is 0.